The van der Waals surface area contributed by atoms with Gasteiger partial charge in [-0.05, 0) is 55.0 Å². The quantitative estimate of drug-likeness (QED) is 0.311. The summed E-state index contributed by atoms with van der Waals surface area (Å²) in [7, 11) is 0. The van der Waals surface area contributed by atoms with Gasteiger partial charge in [0.15, 0.2) is 0 Å². The predicted octanol–water partition coefficient (Wildman–Crippen LogP) is 6.04. The fourth-order valence-corrected chi connectivity index (χ4v) is 3.98. The van der Waals surface area contributed by atoms with Gasteiger partial charge in [-0.15, -0.1) is 0 Å². The largest absolute Gasteiger partial charge is 0.437 e. The van der Waals surface area contributed by atoms with Crippen LogP contribution in [0.5, 0.6) is 11.6 Å². The lowest BCUT2D eigenvalue weighted by Crippen LogP contribution is -2.19. The third-order valence-electron chi connectivity index (χ3n) is 5.20. The zero-order valence-electron chi connectivity index (χ0n) is 17.7. The lowest BCUT2D eigenvalue weighted by atomic mass is 10.1. The van der Waals surface area contributed by atoms with E-state index in [0.29, 0.717) is 22.0 Å². The first-order valence-electron chi connectivity index (χ1n) is 10.2. The number of fused-ring (bicyclic) bond motifs is 2. The van der Waals surface area contributed by atoms with E-state index in [1.807, 2.05) is 37.3 Å². The average Bonchev–Trinajstić information content (AvgIpc) is 3.25. The van der Waals surface area contributed by atoms with Crippen molar-refractivity contribution in [3.05, 3.63) is 98.1 Å². The summed E-state index contributed by atoms with van der Waals surface area (Å²) in [5, 5.41) is 10.6. The van der Waals surface area contributed by atoms with Crippen LogP contribution in [0, 0.1) is 18.3 Å². The Bertz CT molecular complexity index is 1680. The highest BCUT2D eigenvalue weighted by molar-refractivity contribution is 6.35. The van der Waals surface area contributed by atoms with E-state index in [0.717, 1.165) is 11.1 Å². The Hall–Kier alpha value is -4.12. The molecule has 7 nitrogen and oxygen atoms in total. The molecule has 1 N–H and O–H groups in total. The predicted molar refractivity (Wildman–Crippen MR) is 132 cm³/mol. The lowest BCUT2D eigenvalue weighted by molar-refractivity contribution is 0.461. The summed E-state index contributed by atoms with van der Waals surface area (Å²) in [6, 6.07) is 17.8. The van der Waals surface area contributed by atoms with Gasteiger partial charge >= 0.3 is 0 Å². The van der Waals surface area contributed by atoms with Crippen molar-refractivity contribution in [2.75, 3.05) is 0 Å². The molecular weight excluding hydrogens is 473 g/mol. The first-order chi connectivity index (χ1) is 16.4. The van der Waals surface area contributed by atoms with Gasteiger partial charge in [0, 0.05) is 11.2 Å². The highest BCUT2D eigenvalue weighted by atomic mass is 35.5. The van der Waals surface area contributed by atoms with E-state index >= 15 is 0 Å². The van der Waals surface area contributed by atoms with Crippen LogP contribution >= 0.6 is 23.2 Å². The van der Waals surface area contributed by atoms with Crippen molar-refractivity contribution in [2.24, 2.45) is 0 Å². The molecule has 5 rings (SSSR count). The molecular formula is C25H15Cl2N5O2. The first kappa shape index (κ1) is 21.7. The molecule has 0 radical (unpaired) electrons. The molecule has 3 aromatic heterocycles. The van der Waals surface area contributed by atoms with Gasteiger partial charge < -0.3 is 9.72 Å². The third-order valence-corrected chi connectivity index (χ3v) is 5.73. The minimum Gasteiger partial charge on any atom is -0.437 e. The van der Waals surface area contributed by atoms with E-state index in [1.54, 1.807) is 24.4 Å². The van der Waals surface area contributed by atoms with Gasteiger partial charge in [0.05, 0.1) is 21.6 Å². The molecule has 0 spiro atoms. The van der Waals surface area contributed by atoms with E-state index < -0.39 is 5.56 Å². The summed E-state index contributed by atoms with van der Waals surface area (Å²) < 4.78 is 7.39. The Morgan fingerprint density at radius 2 is 1.97 bits per heavy atom. The Kier molecular flexibility index (Phi) is 5.54. The molecule has 34 heavy (non-hydrogen) atoms. The molecule has 0 bridgehead atoms. The van der Waals surface area contributed by atoms with Crippen molar-refractivity contribution < 1.29 is 4.74 Å². The maximum atomic E-state index is 13.5. The van der Waals surface area contributed by atoms with Crippen LogP contribution in [0.25, 0.3) is 28.3 Å². The summed E-state index contributed by atoms with van der Waals surface area (Å²) in [6.07, 6.45) is 3.03. The zero-order chi connectivity index (χ0) is 23.8. The van der Waals surface area contributed by atoms with E-state index in [9.17, 15) is 10.1 Å². The maximum absolute atomic E-state index is 13.5. The molecule has 0 amide bonds. The molecule has 0 aliphatic rings. The number of hydrogen-bond donors (Lipinski definition) is 1. The molecule has 0 aliphatic carbocycles. The van der Waals surface area contributed by atoms with E-state index in [-0.39, 0.29) is 27.8 Å². The van der Waals surface area contributed by atoms with Crippen molar-refractivity contribution in [3.8, 4) is 17.7 Å². The molecule has 166 valence electrons. The molecule has 0 fully saturated rings. The Balaban J connectivity index is 1.74. The zero-order valence-corrected chi connectivity index (χ0v) is 19.2. The van der Waals surface area contributed by atoms with Gasteiger partial charge in [-0.3, -0.25) is 9.20 Å². The van der Waals surface area contributed by atoms with Gasteiger partial charge in [0.2, 0.25) is 5.88 Å². The number of aryl methyl sites for hydroxylation is 1. The smallest absolute Gasteiger partial charge is 0.269 e. The van der Waals surface area contributed by atoms with Crippen LogP contribution in [-0.4, -0.2) is 19.4 Å². The molecule has 3 heterocycles. The second-order valence-corrected chi connectivity index (χ2v) is 8.31. The van der Waals surface area contributed by atoms with Gasteiger partial charge in [-0.1, -0.05) is 41.4 Å². The summed E-state index contributed by atoms with van der Waals surface area (Å²) in [4.78, 5) is 25.7. The van der Waals surface area contributed by atoms with Gasteiger partial charge in [0.25, 0.3) is 5.56 Å². The molecule has 0 saturated carbocycles. The number of ether oxygens (including phenoxy) is 1. The molecule has 9 heteroatoms. The van der Waals surface area contributed by atoms with Gasteiger partial charge in [-0.25, -0.2) is 4.98 Å². The molecule has 2 aromatic carbocycles. The van der Waals surface area contributed by atoms with Crippen molar-refractivity contribution >= 4 is 51.5 Å². The number of halogens is 2. The third kappa shape index (κ3) is 3.90. The van der Waals surface area contributed by atoms with Crippen LogP contribution < -0.4 is 10.3 Å². The second-order valence-electron chi connectivity index (χ2n) is 7.47. The minimum absolute atomic E-state index is 0.00684. The number of nitrogens with zero attached hydrogens (tertiary/aromatic N) is 4. The van der Waals surface area contributed by atoms with Gasteiger partial charge in [-0.2, -0.15) is 10.2 Å². The summed E-state index contributed by atoms with van der Waals surface area (Å²) >= 11 is 12.3. The van der Waals surface area contributed by atoms with Crippen molar-refractivity contribution in [2.45, 2.75) is 6.92 Å². The number of imidazole rings is 1. The van der Waals surface area contributed by atoms with E-state index in [4.69, 9.17) is 27.9 Å². The fraction of sp³-hybridized carbons (Fsp3) is 0.0400. The molecule has 0 aliphatic heterocycles. The van der Waals surface area contributed by atoms with E-state index in [1.165, 1.54) is 16.5 Å². The number of nitrogens with one attached hydrogen (secondary N) is 1. The highest BCUT2D eigenvalue weighted by Crippen LogP contribution is 2.33. The van der Waals surface area contributed by atoms with Crippen LogP contribution in [0.1, 0.15) is 17.0 Å². The monoisotopic (exact) mass is 487 g/mol. The number of benzene rings is 2. The number of para-hydroxylation sites is 2. The van der Waals surface area contributed by atoms with Crippen molar-refractivity contribution in [1.29, 1.82) is 5.26 Å². The number of nitriles is 1. The number of rotatable bonds is 4. The van der Waals surface area contributed by atoms with E-state index in [2.05, 4.69) is 21.0 Å². The fourth-order valence-electron chi connectivity index (χ4n) is 3.53. The lowest BCUT2D eigenvalue weighted by Gasteiger charge is -2.12. The summed E-state index contributed by atoms with van der Waals surface area (Å²) in [5.74, 6) is 0.605. The van der Waals surface area contributed by atoms with Crippen LogP contribution in [0.15, 0.2) is 65.6 Å². The highest BCUT2D eigenvalue weighted by Gasteiger charge is 2.18. The Labute approximate surface area is 203 Å². The SMILES string of the molecule is Cc1cccn2c(=O)c(C=C(C#N)c3nc4ccccc4[nH]3)c(Oc3ccc(Cl)cc3Cl)nc12. The average molecular weight is 488 g/mol. The van der Waals surface area contributed by atoms with Crippen molar-refractivity contribution in [3.63, 3.8) is 0 Å². The number of aromatic amines is 1. The van der Waals surface area contributed by atoms with Gasteiger partial charge in [0.1, 0.15) is 28.9 Å². The maximum Gasteiger partial charge on any atom is 0.269 e. The standard InChI is InChI=1S/C25H15Cl2N5O2/c1-14-5-4-10-32-23(14)31-24(34-21-9-8-16(26)12-18(21)27)17(25(32)33)11-15(13-28)22-29-19-6-2-3-7-20(19)30-22/h2-12H,1H3,(H,29,30). The molecule has 0 unspecified atom stereocenters. The van der Waals surface area contributed by atoms with Crippen LogP contribution in [0.2, 0.25) is 10.0 Å². The number of pyridine rings is 1. The normalized spacial score (nSPS) is 11.6. The number of H-pyrrole nitrogens is 1. The summed E-state index contributed by atoms with van der Waals surface area (Å²) in [5.41, 5.74) is 2.49. The topological polar surface area (TPSA) is 96.1 Å². The first-order valence-corrected chi connectivity index (χ1v) is 10.9. The molecule has 5 aromatic rings. The van der Waals surface area contributed by atoms with Crippen LogP contribution in [0.3, 0.4) is 0 Å². The second kappa shape index (κ2) is 8.67. The Morgan fingerprint density at radius 3 is 2.74 bits per heavy atom. The number of allylic oxidation sites excluding steroid dienone is 1. The molecule has 0 atom stereocenters. The van der Waals surface area contributed by atoms with Crippen LogP contribution in [0.4, 0.5) is 0 Å². The van der Waals surface area contributed by atoms with Crippen LogP contribution in [-0.2, 0) is 0 Å². The Morgan fingerprint density at radius 1 is 1.15 bits per heavy atom. The van der Waals surface area contributed by atoms with Crippen molar-refractivity contribution in [1.82, 2.24) is 19.4 Å². The summed E-state index contributed by atoms with van der Waals surface area (Å²) in [6.45, 7) is 1.84. The number of hydrogen-bond acceptors (Lipinski definition) is 5. The minimum atomic E-state index is -0.405. The molecule has 0 saturated heterocycles. The number of aromatic nitrogens is 4.